The van der Waals surface area contributed by atoms with Crippen LogP contribution in [0.4, 0.5) is 0 Å². The highest BCUT2D eigenvalue weighted by Crippen LogP contribution is 2.13. The van der Waals surface area contributed by atoms with E-state index in [-0.39, 0.29) is 12.7 Å². The first-order chi connectivity index (χ1) is 7.69. The molecule has 0 aromatic rings. The van der Waals surface area contributed by atoms with E-state index in [9.17, 15) is 9.59 Å². The number of piperidine rings is 1. The predicted octanol–water partition coefficient (Wildman–Crippen LogP) is 0.577. The topological polar surface area (TPSA) is 55.8 Å². The third-order valence-electron chi connectivity index (χ3n) is 2.52. The number of ether oxygens (including phenoxy) is 2. The molecule has 1 aliphatic rings. The summed E-state index contributed by atoms with van der Waals surface area (Å²) in [5, 5.41) is 0. The van der Waals surface area contributed by atoms with Gasteiger partial charge >= 0.3 is 11.9 Å². The molecule has 16 heavy (non-hydrogen) atoms. The first-order valence-electron chi connectivity index (χ1n) is 5.76. The fraction of sp³-hybridized carbons (Fsp3) is 0.818. The van der Waals surface area contributed by atoms with Gasteiger partial charge in [0.2, 0.25) is 0 Å². The Morgan fingerprint density at radius 2 is 2.06 bits per heavy atom. The first kappa shape index (κ1) is 13.0. The molecule has 0 spiro atoms. The lowest BCUT2D eigenvalue weighted by Crippen LogP contribution is -2.46. The van der Waals surface area contributed by atoms with Crippen LogP contribution in [0.5, 0.6) is 0 Å². The molecule has 1 aliphatic heterocycles. The summed E-state index contributed by atoms with van der Waals surface area (Å²) in [5.41, 5.74) is 0. The van der Waals surface area contributed by atoms with Crippen LogP contribution in [-0.2, 0) is 19.1 Å². The molecular weight excluding hydrogens is 210 g/mol. The Balaban J connectivity index is 2.46. The first-order valence-corrected chi connectivity index (χ1v) is 5.76. The van der Waals surface area contributed by atoms with Crippen LogP contribution < -0.4 is 0 Å². The van der Waals surface area contributed by atoms with Crippen molar-refractivity contribution in [2.45, 2.75) is 32.8 Å². The third-order valence-corrected chi connectivity index (χ3v) is 2.52. The van der Waals surface area contributed by atoms with Crippen molar-refractivity contribution in [3.05, 3.63) is 0 Å². The standard InChI is InChI=1S/C11H19NO4/c1-3-15-9-6-5-7-12(8-9)10(13)11(14)16-4-2/h9H,3-8H2,1-2H3. The number of carbonyl (C=O) groups is 2. The van der Waals surface area contributed by atoms with Gasteiger partial charge in [-0.15, -0.1) is 0 Å². The minimum atomic E-state index is -0.764. The molecule has 1 unspecified atom stereocenters. The normalized spacial score (nSPS) is 20.6. The van der Waals surface area contributed by atoms with Gasteiger partial charge in [0.1, 0.15) is 0 Å². The lowest BCUT2D eigenvalue weighted by molar-refractivity contribution is -0.161. The second-order valence-electron chi connectivity index (χ2n) is 3.69. The molecule has 1 atom stereocenters. The molecule has 5 heteroatoms. The fourth-order valence-electron chi connectivity index (χ4n) is 1.82. The molecule has 0 saturated carbocycles. The van der Waals surface area contributed by atoms with Crippen molar-refractivity contribution in [1.82, 2.24) is 4.90 Å². The summed E-state index contributed by atoms with van der Waals surface area (Å²) < 4.78 is 10.1. The van der Waals surface area contributed by atoms with Crippen molar-refractivity contribution in [3.8, 4) is 0 Å². The number of hydrogen-bond acceptors (Lipinski definition) is 4. The van der Waals surface area contributed by atoms with Crippen LogP contribution in [0, 0.1) is 0 Å². The van der Waals surface area contributed by atoms with E-state index in [0.29, 0.717) is 19.7 Å². The quantitative estimate of drug-likeness (QED) is 0.524. The number of nitrogens with zero attached hydrogens (tertiary/aromatic N) is 1. The maximum absolute atomic E-state index is 11.6. The molecular formula is C11H19NO4. The van der Waals surface area contributed by atoms with Gasteiger partial charge < -0.3 is 14.4 Å². The molecule has 0 bridgehead atoms. The third kappa shape index (κ3) is 3.48. The van der Waals surface area contributed by atoms with Crippen LogP contribution in [0.3, 0.4) is 0 Å². The summed E-state index contributed by atoms with van der Waals surface area (Å²) in [7, 11) is 0. The predicted molar refractivity (Wildman–Crippen MR) is 57.9 cm³/mol. The van der Waals surface area contributed by atoms with E-state index in [1.165, 1.54) is 4.90 Å². The number of hydrogen-bond donors (Lipinski definition) is 0. The summed E-state index contributed by atoms with van der Waals surface area (Å²) in [6.45, 7) is 5.57. The summed E-state index contributed by atoms with van der Waals surface area (Å²) in [5.74, 6) is -1.31. The zero-order valence-electron chi connectivity index (χ0n) is 9.90. The molecule has 1 saturated heterocycles. The average Bonchev–Trinajstić information content (AvgIpc) is 2.29. The minimum absolute atomic E-state index is 0.0529. The molecule has 0 N–H and O–H groups in total. The van der Waals surface area contributed by atoms with Crippen LogP contribution >= 0.6 is 0 Å². The van der Waals surface area contributed by atoms with Gasteiger partial charge in [-0.1, -0.05) is 0 Å². The molecule has 0 aromatic carbocycles. The summed E-state index contributed by atoms with van der Waals surface area (Å²) in [4.78, 5) is 24.4. The smallest absolute Gasteiger partial charge is 0.397 e. The van der Waals surface area contributed by atoms with Crippen LogP contribution in [0.1, 0.15) is 26.7 Å². The molecule has 5 nitrogen and oxygen atoms in total. The minimum Gasteiger partial charge on any atom is -0.459 e. The number of carbonyl (C=O) groups excluding carboxylic acids is 2. The van der Waals surface area contributed by atoms with Gasteiger partial charge in [-0.3, -0.25) is 4.79 Å². The van der Waals surface area contributed by atoms with Crippen molar-refractivity contribution >= 4 is 11.9 Å². The molecule has 1 rings (SSSR count). The van der Waals surface area contributed by atoms with Crippen LogP contribution in [0.15, 0.2) is 0 Å². The van der Waals surface area contributed by atoms with Gasteiger partial charge in [0.25, 0.3) is 0 Å². The lowest BCUT2D eigenvalue weighted by atomic mass is 10.1. The largest absolute Gasteiger partial charge is 0.459 e. The fourth-order valence-corrected chi connectivity index (χ4v) is 1.82. The SMILES string of the molecule is CCOC(=O)C(=O)N1CCCC(OCC)C1. The van der Waals surface area contributed by atoms with Crippen LogP contribution in [-0.4, -0.2) is 49.2 Å². The van der Waals surface area contributed by atoms with Gasteiger partial charge in [0, 0.05) is 19.7 Å². The van der Waals surface area contributed by atoms with E-state index in [1.807, 2.05) is 6.92 Å². The number of rotatable bonds is 3. The Bertz CT molecular complexity index is 252. The zero-order chi connectivity index (χ0) is 12.0. The van der Waals surface area contributed by atoms with Crippen LogP contribution in [0.2, 0.25) is 0 Å². The highest BCUT2D eigenvalue weighted by molar-refractivity contribution is 6.32. The molecule has 1 amide bonds. The molecule has 0 aromatic heterocycles. The number of amides is 1. The summed E-state index contributed by atoms with van der Waals surface area (Å²) >= 11 is 0. The number of likely N-dealkylation sites (tertiary alicyclic amines) is 1. The van der Waals surface area contributed by atoms with Gasteiger partial charge in [0.05, 0.1) is 12.7 Å². The molecule has 1 heterocycles. The lowest BCUT2D eigenvalue weighted by Gasteiger charge is -2.31. The van der Waals surface area contributed by atoms with E-state index >= 15 is 0 Å². The molecule has 0 aliphatic carbocycles. The van der Waals surface area contributed by atoms with Crippen molar-refractivity contribution in [2.24, 2.45) is 0 Å². The van der Waals surface area contributed by atoms with E-state index in [0.717, 1.165) is 12.8 Å². The summed E-state index contributed by atoms with van der Waals surface area (Å²) in [6, 6.07) is 0. The Morgan fingerprint density at radius 1 is 1.31 bits per heavy atom. The monoisotopic (exact) mass is 229 g/mol. The Labute approximate surface area is 95.7 Å². The van der Waals surface area contributed by atoms with Crippen molar-refractivity contribution in [3.63, 3.8) is 0 Å². The van der Waals surface area contributed by atoms with Gasteiger partial charge in [-0.2, -0.15) is 0 Å². The maximum atomic E-state index is 11.6. The maximum Gasteiger partial charge on any atom is 0.397 e. The van der Waals surface area contributed by atoms with E-state index in [4.69, 9.17) is 4.74 Å². The Morgan fingerprint density at radius 3 is 2.69 bits per heavy atom. The Hall–Kier alpha value is -1.10. The second-order valence-corrected chi connectivity index (χ2v) is 3.69. The number of esters is 1. The Kier molecular flexibility index (Phi) is 5.25. The highest BCUT2D eigenvalue weighted by atomic mass is 16.5. The second kappa shape index (κ2) is 6.48. The van der Waals surface area contributed by atoms with Crippen molar-refractivity contribution in [1.29, 1.82) is 0 Å². The molecule has 1 fully saturated rings. The van der Waals surface area contributed by atoms with E-state index < -0.39 is 11.9 Å². The van der Waals surface area contributed by atoms with E-state index in [1.54, 1.807) is 6.92 Å². The molecule has 0 radical (unpaired) electrons. The van der Waals surface area contributed by atoms with Crippen molar-refractivity contribution < 1.29 is 19.1 Å². The van der Waals surface area contributed by atoms with Gasteiger partial charge in [-0.05, 0) is 26.7 Å². The zero-order valence-corrected chi connectivity index (χ0v) is 9.90. The van der Waals surface area contributed by atoms with Crippen LogP contribution in [0.25, 0.3) is 0 Å². The van der Waals surface area contributed by atoms with E-state index in [2.05, 4.69) is 4.74 Å². The molecule has 92 valence electrons. The average molecular weight is 229 g/mol. The van der Waals surface area contributed by atoms with Crippen molar-refractivity contribution in [2.75, 3.05) is 26.3 Å². The van der Waals surface area contributed by atoms with Gasteiger partial charge in [0.15, 0.2) is 0 Å². The highest BCUT2D eigenvalue weighted by Gasteiger charge is 2.28. The van der Waals surface area contributed by atoms with Gasteiger partial charge in [-0.25, -0.2) is 4.79 Å². The summed E-state index contributed by atoms with van der Waals surface area (Å²) in [6.07, 6.45) is 1.87.